The van der Waals surface area contributed by atoms with Gasteiger partial charge in [-0.3, -0.25) is 9.69 Å². The Kier molecular flexibility index (Phi) is 5.70. The topological polar surface area (TPSA) is 82.4 Å². The molecule has 0 saturated carbocycles. The minimum absolute atomic E-state index is 0.0151. The van der Waals surface area contributed by atoms with Crippen LogP contribution in [0.1, 0.15) is 22.9 Å². The first-order valence-electron chi connectivity index (χ1n) is 8.26. The van der Waals surface area contributed by atoms with E-state index in [2.05, 4.69) is 5.32 Å². The summed E-state index contributed by atoms with van der Waals surface area (Å²) in [5.74, 6) is -1.69. The highest BCUT2D eigenvalue weighted by molar-refractivity contribution is 7.10. The fraction of sp³-hybridized carbons (Fsp3) is 0.211. The van der Waals surface area contributed by atoms with Crippen LogP contribution in [0.3, 0.4) is 0 Å². The van der Waals surface area contributed by atoms with Gasteiger partial charge in [0.2, 0.25) is 5.91 Å². The predicted molar refractivity (Wildman–Crippen MR) is 101 cm³/mol. The second-order valence-corrected chi connectivity index (χ2v) is 6.94. The van der Waals surface area contributed by atoms with Gasteiger partial charge in [-0.1, -0.05) is 0 Å². The molecule has 3 rings (SSSR count). The number of amides is 2. The maximum Gasteiger partial charge on any atom is 0.414 e. The van der Waals surface area contributed by atoms with Gasteiger partial charge < -0.3 is 10.1 Å². The van der Waals surface area contributed by atoms with Crippen molar-refractivity contribution in [2.45, 2.75) is 13.0 Å². The van der Waals surface area contributed by atoms with Crippen molar-refractivity contribution in [1.82, 2.24) is 5.32 Å². The Bertz CT molecular complexity index is 997. The Morgan fingerprint density at radius 3 is 2.96 bits per heavy atom. The summed E-state index contributed by atoms with van der Waals surface area (Å²) in [4.78, 5) is 24.4. The summed E-state index contributed by atoms with van der Waals surface area (Å²) in [6.07, 6.45) is -0.190. The number of hydrogen-bond acceptors (Lipinski definition) is 5. The fourth-order valence-corrected chi connectivity index (χ4v) is 3.38. The molecule has 0 unspecified atom stereocenters. The first-order valence-corrected chi connectivity index (χ1v) is 9.14. The third kappa shape index (κ3) is 4.18. The van der Waals surface area contributed by atoms with Gasteiger partial charge in [0, 0.05) is 18.1 Å². The molecule has 28 heavy (non-hydrogen) atoms. The summed E-state index contributed by atoms with van der Waals surface area (Å²) >= 11 is 1.10. The maximum atomic E-state index is 14.5. The second kappa shape index (κ2) is 8.19. The molecule has 1 aromatic heterocycles. The summed E-state index contributed by atoms with van der Waals surface area (Å²) in [5.41, 5.74) is 0.359. The van der Waals surface area contributed by atoms with Gasteiger partial charge in [-0.05, 0) is 35.7 Å². The largest absolute Gasteiger partial charge is 0.442 e. The van der Waals surface area contributed by atoms with E-state index >= 15 is 0 Å². The number of nitrogens with zero attached hydrogens (tertiary/aromatic N) is 2. The minimum atomic E-state index is -0.723. The van der Waals surface area contributed by atoms with Crippen molar-refractivity contribution < 1.29 is 23.1 Å². The number of thiophene rings is 1. The van der Waals surface area contributed by atoms with Crippen LogP contribution in [-0.4, -0.2) is 31.2 Å². The van der Waals surface area contributed by atoms with Crippen molar-refractivity contribution in [3.05, 3.63) is 51.5 Å². The molecule has 1 saturated heterocycles. The van der Waals surface area contributed by atoms with Gasteiger partial charge in [-0.2, -0.15) is 5.26 Å². The molecule has 2 heterocycles. The van der Waals surface area contributed by atoms with Gasteiger partial charge in [-0.15, -0.1) is 11.3 Å². The SMILES string of the molecule is CC(=O)NC[C@H]1CN(c2ccc(/C=C(\F)c3ccsc3C#N)c(F)c2)C(=O)O1. The Morgan fingerprint density at radius 2 is 2.29 bits per heavy atom. The van der Waals surface area contributed by atoms with E-state index in [1.807, 2.05) is 6.07 Å². The summed E-state index contributed by atoms with van der Waals surface area (Å²) in [6.45, 7) is 1.67. The molecule has 0 aliphatic carbocycles. The van der Waals surface area contributed by atoms with Crippen molar-refractivity contribution in [1.29, 1.82) is 5.26 Å². The molecular formula is C19H15F2N3O3S. The van der Waals surface area contributed by atoms with E-state index in [-0.39, 0.29) is 40.7 Å². The molecule has 0 radical (unpaired) electrons. The molecule has 6 nitrogen and oxygen atoms in total. The predicted octanol–water partition coefficient (Wildman–Crippen LogP) is 3.69. The summed E-state index contributed by atoms with van der Waals surface area (Å²) in [5, 5.41) is 13.1. The van der Waals surface area contributed by atoms with Crippen LogP contribution in [0.5, 0.6) is 0 Å². The maximum absolute atomic E-state index is 14.5. The molecule has 2 aromatic rings. The second-order valence-electron chi connectivity index (χ2n) is 6.03. The number of anilines is 1. The first-order chi connectivity index (χ1) is 13.4. The smallest absolute Gasteiger partial charge is 0.414 e. The number of cyclic esters (lactones) is 1. The lowest BCUT2D eigenvalue weighted by molar-refractivity contribution is -0.119. The van der Waals surface area contributed by atoms with Crippen molar-refractivity contribution in [2.75, 3.05) is 18.0 Å². The lowest BCUT2D eigenvalue weighted by atomic mass is 10.1. The third-order valence-electron chi connectivity index (χ3n) is 4.05. The molecule has 0 spiro atoms. The van der Waals surface area contributed by atoms with Crippen LogP contribution >= 0.6 is 11.3 Å². The highest BCUT2D eigenvalue weighted by Crippen LogP contribution is 2.29. The van der Waals surface area contributed by atoms with Crippen molar-refractivity contribution in [2.24, 2.45) is 0 Å². The number of rotatable bonds is 5. The molecule has 1 aliphatic heterocycles. The quantitative estimate of drug-likeness (QED) is 0.826. The van der Waals surface area contributed by atoms with Gasteiger partial charge in [0.25, 0.3) is 0 Å². The summed E-state index contributed by atoms with van der Waals surface area (Å²) in [7, 11) is 0. The van der Waals surface area contributed by atoms with Crippen LogP contribution in [-0.2, 0) is 9.53 Å². The van der Waals surface area contributed by atoms with E-state index in [1.54, 1.807) is 5.38 Å². The molecule has 1 aliphatic rings. The molecule has 0 bridgehead atoms. The average Bonchev–Trinajstić information content (AvgIpc) is 3.28. The highest BCUT2D eigenvalue weighted by Gasteiger charge is 2.32. The number of nitrogens with one attached hydrogen (secondary N) is 1. The normalized spacial score (nSPS) is 16.6. The number of nitriles is 1. The lowest BCUT2D eigenvalue weighted by Crippen LogP contribution is -2.33. The summed E-state index contributed by atoms with van der Waals surface area (Å²) in [6, 6.07) is 7.27. The van der Waals surface area contributed by atoms with Crippen molar-refractivity contribution in [3.8, 4) is 6.07 Å². The van der Waals surface area contributed by atoms with E-state index < -0.39 is 23.8 Å². The van der Waals surface area contributed by atoms with Crippen LogP contribution in [0.2, 0.25) is 0 Å². The zero-order chi connectivity index (χ0) is 20.3. The third-order valence-corrected chi connectivity index (χ3v) is 4.87. The number of halogens is 2. The van der Waals surface area contributed by atoms with Gasteiger partial charge >= 0.3 is 6.09 Å². The van der Waals surface area contributed by atoms with Crippen LogP contribution in [0.25, 0.3) is 11.9 Å². The molecule has 1 atom stereocenters. The Hall–Kier alpha value is -3.25. The van der Waals surface area contributed by atoms with Gasteiger partial charge in [0.1, 0.15) is 28.7 Å². The zero-order valence-electron chi connectivity index (χ0n) is 14.7. The van der Waals surface area contributed by atoms with Gasteiger partial charge in [0.05, 0.1) is 18.8 Å². The Morgan fingerprint density at radius 1 is 1.50 bits per heavy atom. The molecule has 1 N–H and O–H groups in total. The zero-order valence-corrected chi connectivity index (χ0v) is 15.6. The fourth-order valence-electron chi connectivity index (χ4n) is 2.70. The lowest BCUT2D eigenvalue weighted by Gasteiger charge is -2.14. The van der Waals surface area contributed by atoms with Gasteiger partial charge in [-0.25, -0.2) is 13.6 Å². The van der Waals surface area contributed by atoms with E-state index in [4.69, 9.17) is 10.00 Å². The summed E-state index contributed by atoms with van der Waals surface area (Å²) < 4.78 is 34.0. The molecule has 9 heteroatoms. The van der Waals surface area contributed by atoms with E-state index in [0.717, 1.165) is 23.5 Å². The molecule has 2 amide bonds. The van der Waals surface area contributed by atoms with E-state index in [9.17, 15) is 18.4 Å². The number of benzene rings is 1. The minimum Gasteiger partial charge on any atom is -0.442 e. The van der Waals surface area contributed by atoms with E-state index in [1.165, 1.54) is 30.0 Å². The van der Waals surface area contributed by atoms with Gasteiger partial charge in [0.15, 0.2) is 0 Å². The number of hydrogen-bond donors (Lipinski definition) is 1. The van der Waals surface area contributed by atoms with Crippen LogP contribution < -0.4 is 10.2 Å². The van der Waals surface area contributed by atoms with Crippen LogP contribution in [0, 0.1) is 17.1 Å². The van der Waals surface area contributed by atoms with Crippen molar-refractivity contribution in [3.63, 3.8) is 0 Å². The van der Waals surface area contributed by atoms with Crippen LogP contribution in [0.4, 0.5) is 19.3 Å². The first kappa shape index (κ1) is 19.5. The molecule has 1 fully saturated rings. The molecule has 1 aromatic carbocycles. The number of ether oxygens (including phenoxy) is 1. The van der Waals surface area contributed by atoms with Crippen LogP contribution in [0.15, 0.2) is 29.6 Å². The van der Waals surface area contributed by atoms with E-state index in [0.29, 0.717) is 0 Å². The monoisotopic (exact) mass is 403 g/mol. The molecule has 144 valence electrons. The molecular weight excluding hydrogens is 388 g/mol. The average molecular weight is 403 g/mol. The Balaban J connectivity index is 1.78. The van der Waals surface area contributed by atoms with Crippen molar-refractivity contribution >= 4 is 40.9 Å². The number of carbonyl (C=O) groups excluding carboxylic acids is 2. The Labute approximate surface area is 163 Å². The highest BCUT2D eigenvalue weighted by atomic mass is 32.1. The standard InChI is InChI=1S/C19H15F2N3O3S/c1-11(25)23-9-14-10-24(19(26)27-14)13-3-2-12(16(20)7-13)6-17(21)15-4-5-28-18(15)8-22/h2-7,14H,9-10H2,1H3,(H,23,25)/b17-6-/t14-/m0/s1. The number of carbonyl (C=O) groups is 2.